The number of allylic oxidation sites excluding steroid dienone is 1. The number of amides is 2. The van der Waals surface area contributed by atoms with E-state index in [0.29, 0.717) is 29.1 Å². The minimum absolute atomic E-state index is 0.0262. The summed E-state index contributed by atoms with van der Waals surface area (Å²) in [6.07, 6.45) is 5.19. The van der Waals surface area contributed by atoms with Gasteiger partial charge in [0.05, 0.1) is 24.9 Å². The molecule has 0 radical (unpaired) electrons. The number of aryl methyl sites for hydroxylation is 1. The number of rotatable bonds is 16. The molecule has 1 aliphatic heterocycles. The molecule has 3 heterocycles. The highest BCUT2D eigenvalue weighted by atomic mass is 32.1. The first kappa shape index (κ1) is 36.0. The van der Waals surface area contributed by atoms with Crippen molar-refractivity contribution in [3.8, 4) is 22.2 Å². The van der Waals surface area contributed by atoms with Gasteiger partial charge in [-0.05, 0) is 50.7 Å². The van der Waals surface area contributed by atoms with Crippen molar-refractivity contribution < 1.29 is 34.1 Å². The van der Waals surface area contributed by atoms with Crippen LogP contribution in [-0.2, 0) is 14.4 Å². The van der Waals surface area contributed by atoms with Gasteiger partial charge in [0, 0.05) is 34.7 Å². The van der Waals surface area contributed by atoms with Crippen LogP contribution in [0.2, 0.25) is 0 Å². The number of carboxylic acids is 1. The van der Waals surface area contributed by atoms with E-state index in [2.05, 4.69) is 32.3 Å². The Kier molecular flexibility index (Phi) is 11.1. The number of aromatic nitrogens is 2. The molecule has 3 N–H and O–H groups in total. The highest BCUT2D eigenvalue weighted by Crippen LogP contribution is 2.45. The topological polar surface area (TPSA) is 151 Å². The third-order valence-electron chi connectivity index (χ3n) is 9.54. The van der Waals surface area contributed by atoms with Crippen molar-refractivity contribution in [1.29, 1.82) is 0 Å². The van der Waals surface area contributed by atoms with E-state index in [1.807, 2.05) is 36.6 Å². The number of hydrogen-bond donors (Lipinski definition) is 3. The molecular weight excluding hydrogens is 644 g/mol. The second-order valence-electron chi connectivity index (χ2n) is 13.3. The van der Waals surface area contributed by atoms with Crippen LogP contribution in [0.5, 0.6) is 11.5 Å². The number of carboxylic acid groups (broad SMARTS) is 1. The third kappa shape index (κ3) is 7.50. The first-order chi connectivity index (χ1) is 23.4. The number of aliphatic carboxylic acids is 1. The van der Waals surface area contributed by atoms with Gasteiger partial charge in [-0.2, -0.15) is 0 Å². The number of unbranched alkanes of at least 4 members (excludes halogenated alkanes) is 3. The monoisotopic (exact) mass is 690 g/mol. The lowest BCUT2D eigenvalue weighted by molar-refractivity contribution is -0.148. The normalized spacial score (nSPS) is 22.2. The molecule has 1 saturated carbocycles. The molecule has 12 heteroatoms. The number of methoxy groups -OCH3 is 1. The number of benzene rings is 1. The summed E-state index contributed by atoms with van der Waals surface area (Å²) < 4.78 is 12.2. The molecule has 1 saturated heterocycles. The minimum Gasteiger partial charge on any atom is -0.496 e. The van der Waals surface area contributed by atoms with E-state index < -0.39 is 47.5 Å². The summed E-state index contributed by atoms with van der Waals surface area (Å²) in [5.41, 5.74) is 1.61. The molecule has 2 fully saturated rings. The molecule has 11 nitrogen and oxygen atoms in total. The van der Waals surface area contributed by atoms with Gasteiger partial charge in [-0.1, -0.05) is 38.8 Å². The predicted octanol–water partition coefficient (Wildman–Crippen LogP) is 5.79. The first-order valence-corrected chi connectivity index (χ1v) is 17.7. The number of aliphatic hydroxyl groups excluding tert-OH is 1. The van der Waals surface area contributed by atoms with Crippen LogP contribution in [0.25, 0.3) is 21.6 Å². The van der Waals surface area contributed by atoms with E-state index in [0.717, 1.165) is 40.9 Å². The Balaban J connectivity index is 1.46. The summed E-state index contributed by atoms with van der Waals surface area (Å²) in [6.45, 7) is 13.5. The molecule has 49 heavy (non-hydrogen) atoms. The number of fused-ring (bicyclic) bond motifs is 1. The van der Waals surface area contributed by atoms with Crippen LogP contribution in [0.4, 0.5) is 0 Å². The van der Waals surface area contributed by atoms with Gasteiger partial charge in [0.15, 0.2) is 0 Å². The highest BCUT2D eigenvalue weighted by molar-refractivity contribution is 7.13. The number of nitrogens with zero attached hydrogens (tertiary/aromatic N) is 3. The lowest BCUT2D eigenvalue weighted by Gasteiger charge is -2.27. The number of nitrogens with one attached hydrogen (secondary N) is 1. The van der Waals surface area contributed by atoms with Gasteiger partial charge >= 0.3 is 5.97 Å². The van der Waals surface area contributed by atoms with E-state index in [9.17, 15) is 24.6 Å². The van der Waals surface area contributed by atoms with Crippen LogP contribution in [0.15, 0.2) is 48.9 Å². The SMILES string of the molecule is C=CCCCCCC(O)C(=O)N1C[C@H](Oc2cc(-c3nc(C(C)C)cs3)nc3c(C)c(OC)ccc23)C[C@H]1C(=O)N[C@]1(C(=O)O)C[C@H]1C=C. The minimum atomic E-state index is -1.47. The largest absolute Gasteiger partial charge is 0.496 e. The van der Waals surface area contributed by atoms with Crippen LogP contribution in [0.1, 0.15) is 76.0 Å². The zero-order valence-corrected chi connectivity index (χ0v) is 29.4. The number of carbonyl (C=O) groups is 3. The summed E-state index contributed by atoms with van der Waals surface area (Å²) in [4.78, 5) is 50.8. The van der Waals surface area contributed by atoms with Gasteiger partial charge in [-0.25, -0.2) is 14.8 Å². The number of aliphatic hydroxyl groups is 1. The summed E-state index contributed by atoms with van der Waals surface area (Å²) in [5, 5.41) is 27.0. The van der Waals surface area contributed by atoms with Crippen molar-refractivity contribution in [3.05, 3.63) is 60.1 Å². The molecule has 2 amide bonds. The number of ether oxygens (including phenoxy) is 2. The van der Waals surface area contributed by atoms with E-state index in [4.69, 9.17) is 19.4 Å². The molecule has 2 aromatic heterocycles. The second kappa shape index (κ2) is 15.1. The number of carbonyl (C=O) groups excluding carboxylic acids is 2. The number of thiazole rings is 1. The smallest absolute Gasteiger partial charge is 0.330 e. The maximum Gasteiger partial charge on any atom is 0.330 e. The summed E-state index contributed by atoms with van der Waals surface area (Å²) in [5.74, 6) is -1.34. The van der Waals surface area contributed by atoms with Crippen LogP contribution < -0.4 is 14.8 Å². The Bertz CT molecular complexity index is 1740. The Morgan fingerprint density at radius 2 is 1.96 bits per heavy atom. The predicted molar refractivity (Wildman–Crippen MR) is 189 cm³/mol. The maximum atomic E-state index is 13.8. The average molecular weight is 691 g/mol. The number of hydrogen-bond acceptors (Lipinski definition) is 9. The molecule has 262 valence electrons. The van der Waals surface area contributed by atoms with Gasteiger partial charge in [-0.15, -0.1) is 24.5 Å². The third-order valence-corrected chi connectivity index (χ3v) is 10.4. The average Bonchev–Trinajstić information content (AvgIpc) is 3.37. The summed E-state index contributed by atoms with van der Waals surface area (Å²) >= 11 is 1.49. The summed E-state index contributed by atoms with van der Waals surface area (Å²) in [7, 11) is 1.60. The van der Waals surface area contributed by atoms with Crippen molar-refractivity contribution in [2.45, 2.75) is 95.4 Å². The second-order valence-corrected chi connectivity index (χ2v) is 14.1. The standard InChI is InChI=1S/C37H46N4O7S/c1-7-9-10-11-12-13-29(42)35(44)41-19-24(16-28(41)33(43)40-37(36(45)46)18-23(37)8-2)48-31-17-26(34-39-27(20-49-34)21(3)4)38-32-22(5)30(47-6)15-14-25(31)32/h7-8,14-15,17,20-21,23-24,28-29,42H,1-2,9-13,16,18-19H2,3-6H3,(H,40,43)(H,45,46)/t23-,24-,28+,29?,37-/m1/s1. The van der Waals surface area contributed by atoms with Gasteiger partial charge in [0.1, 0.15) is 46.0 Å². The lowest BCUT2D eigenvalue weighted by atomic mass is 10.1. The fourth-order valence-corrected chi connectivity index (χ4v) is 7.41. The molecule has 1 unspecified atom stereocenters. The zero-order valence-electron chi connectivity index (χ0n) is 28.6. The Labute approximate surface area is 291 Å². The first-order valence-electron chi connectivity index (χ1n) is 16.8. The molecule has 3 aromatic rings. The van der Waals surface area contributed by atoms with E-state index in [-0.39, 0.29) is 31.7 Å². The molecule has 2 aliphatic rings. The van der Waals surface area contributed by atoms with Gasteiger partial charge in [0.2, 0.25) is 5.91 Å². The van der Waals surface area contributed by atoms with E-state index >= 15 is 0 Å². The van der Waals surface area contributed by atoms with Crippen molar-refractivity contribution in [2.24, 2.45) is 5.92 Å². The number of pyridine rings is 1. The Hall–Kier alpha value is -4.29. The van der Waals surface area contributed by atoms with Crippen molar-refractivity contribution in [2.75, 3.05) is 13.7 Å². The molecule has 5 rings (SSSR count). The number of likely N-dealkylation sites (tertiary alicyclic amines) is 1. The van der Waals surface area contributed by atoms with Gasteiger partial charge in [-0.3, -0.25) is 9.59 Å². The van der Waals surface area contributed by atoms with E-state index in [1.165, 1.54) is 22.3 Å². The van der Waals surface area contributed by atoms with Crippen LogP contribution >= 0.6 is 11.3 Å². The molecular formula is C37H46N4O7S. The van der Waals surface area contributed by atoms with Crippen LogP contribution in [0, 0.1) is 12.8 Å². The highest BCUT2D eigenvalue weighted by Gasteiger charge is 2.61. The molecule has 5 atom stereocenters. The van der Waals surface area contributed by atoms with Gasteiger partial charge in [0.25, 0.3) is 5.91 Å². The fourth-order valence-electron chi connectivity index (χ4n) is 6.47. The van der Waals surface area contributed by atoms with Crippen molar-refractivity contribution >= 4 is 40.0 Å². The van der Waals surface area contributed by atoms with Crippen LogP contribution in [-0.4, -0.2) is 80.3 Å². The molecule has 0 bridgehead atoms. The Morgan fingerprint density at radius 3 is 2.59 bits per heavy atom. The zero-order chi connectivity index (χ0) is 35.5. The maximum absolute atomic E-state index is 13.8. The molecule has 0 spiro atoms. The lowest BCUT2D eigenvalue weighted by Crippen LogP contribution is -2.54. The Morgan fingerprint density at radius 1 is 1.18 bits per heavy atom. The quantitative estimate of drug-likeness (QED) is 0.125. The molecule has 1 aromatic carbocycles. The van der Waals surface area contributed by atoms with E-state index in [1.54, 1.807) is 7.11 Å². The van der Waals surface area contributed by atoms with Crippen LogP contribution in [0.3, 0.4) is 0 Å². The van der Waals surface area contributed by atoms with Crippen molar-refractivity contribution in [3.63, 3.8) is 0 Å². The fraction of sp³-hybridized carbons (Fsp3) is 0.486. The molecule has 1 aliphatic carbocycles. The van der Waals surface area contributed by atoms with Crippen molar-refractivity contribution in [1.82, 2.24) is 20.2 Å². The summed E-state index contributed by atoms with van der Waals surface area (Å²) in [6, 6.07) is 4.49. The van der Waals surface area contributed by atoms with Gasteiger partial charge < -0.3 is 29.9 Å².